The van der Waals surface area contributed by atoms with Crippen LogP contribution < -0.4 is 5.56 Å². The molecule has 0 atom stereocenters. The first-order chi connectivity index (χ1) is 7.75. The van der Waals surface area contributed by atoms with Gasteiger partial charge in [-0.15, -0.1) is 0 Å². The summed E-state index contributed by atoms with van der Waals surface area (Å²) in [6, 6.07) is 0. The molecular formula is C12H16N2O2. The minimum Gasteiger partial charge on any atom is -0.370 e. The number of aromatic nitrogens is 2. The van der Waals surface area contributed by atoms with Crippen LogP contribution in [0.25, 0.3) is 0 Å². The fraction of sp³-hybridized carbons (Fsp3) is 0.667. The maximum atomic E-state index is 11.9. The van der Waals surface area contributed by atoms with Crippen LogP contribution in [0.2, 0.25) is 0 Å². The van der Waals surface area contributed by atoms with E-state index in [2.05, 4.69) is 9.97 Å². The molecule has 16 heavy (non-hydrogen) atoms. The summed E-state index contributed by atoms with van der Waals surface area (Å²) in [7, 11) is 1.70. The highest BCUT2D eigenvalue weighted by molar-refractivity contribution is 5.24. The van der Waals surface area contributed by atoms with Crippen LogP contribution in [0.5, 0.6) is 0 Å². The Morgan fingerprint density at radius 1 is 1.31 bits per heavy atom. The fourth-order valence-electron chi connectivity index (χ4n) is 2.69. The zero-order valence-corrected chi connectivity index (χ0v) is 9.51. The van der Waals surface area contributed by atoms with Crippen molar-refractivity contribution in [1.82, 2.24) is 9.97 Å². The number of methoxy groups -OCH3 is 1. The van der Waals surface area contributed by atoms with Gasteiger partial charge in [0.2, 0.25) is 0 Å². The van der Waals surface area contributed by atoms with Crippen LogP contribution in [-0.4, -0.2) is 17.1 Å². The Hall–Kier alpha value is -1.16. The van der Waals surface area contributed by atoms with Crippen molar-refractivity contribution in [1.29, 1.82) is 0 Å². The number of aryl methyl sites for hydroxylation is 1. The predicted octanol–water partition coefficient (Wildman–Crippen LogP) is 1.28. The van der Waals surface area contributed by atoms with E-state index in [1.54, 1.807) is 7.11 Å². The smallest absolute Gasteiger partial charge is 0.254 e. The number of H-pyrrole nitrogens is 1. The largest absolute Gasteiger partial charge is 0.370 e. The Bertz CT molecular complexity index is 469. The summed E-state index contributed by atoms with van der Waals surface area (Å²) in [6.07, 6.45) is 5.93. The Labute approximate surface area is 94.1 Å². The Morgan fingerprint density at radius 3 is 2.75 bits per heavy atom. The van der Waals surface area contributed by atoms with E-state index in [9.17, 15) is 4.79 Å². The van der Waals surface area contributed by atoms with Crippen LogP contribution in [0.1, 0.15) is 42.8 Å². The van der Waals surface area contributed by atoms with Gasteiger partial charge in [-0.05, 0) is 38.5 Å². The fourth-order valence-corrected chi connectivity index (χ4v) is 2.69. The molecule has 2 aliphatic rings. The second-order valence-electron chi connectivity index (χ2n) is 4.75. The molecule has 0 saturated heterocycles. The first kappa shape index (κ1) is 10.0. The highest BCUT2D eigenvalue weighted by Crippen LogP contribution is 2.42. The van der Waals surface area contributed by atoms with Crippen LogP contribution >= 0.6 is 0 Å². The molecule has 2 aliphatic carbocycles. The highest BCUT2D eigenvalue weighted by atomic mass is 16.5. The molecule has 0 unspecified atom stereocenters. The van der Waals surface area contributed by atoms with Crippen LogP contribution in [0.15, 0.2) is 4.79 Å². The van der Waals surface area contributed by atoms with Crippen molar-refractivity contribution in [3.8, 4) is 0 Å². The molecule has 3 rings (SSSR count). The predicted molar refractivity (Wildman–Crippen MR) is 59.4 cm³/mol. The molecule has 4 heteroatoms. The van der Waals surface area contributed by atoms with Crippen LogP contribution in [0.4, 0.5) is 0 Å². The van der Waals surface area contributed by atoms with Crippen molar-refractivity contribution in [2.45, 2.75) is 44.1 Å². The molecule has 0 amide bonds. The monoisotopic (exact) mass is 220 g/mol. The summed E-state index contributed by atoms with van der Waals surface area (Å²) in [5.41, 5.74) is 1.61. The number of ether oxygens (including phenoxy) is 1. The van der Waals surface area contributed by atoms with Crippen molar-refractivity contribution in [2.75, 3.05) is 7.11 Å². The second-order valence-corrected chi connectivity index (χ2v) is 4.75. The summed E-state index contributed by atoms with van der Waals surface area (Å²) in [5.74, 6) is 0.743. The van der Waals surface area contributed by atoms with E-state index in [1.807, 2.05) is 0 Å². The summed E-state index contributed by atoms with van der Waals surface area (Å²) < 4.78 is 5.54. The van der Waals surface area contributed by atoms with Crippen molar-refractivity contribution < 1.29 is 4.74 Å². The maximum Gasteiger partial charge on any atom is 0.254 e. The average molecular weight is 220 g/mol. The van der Waals surface area contributed by atoms with E-state index in [0.29, 0.717) is 0 Å². The zero-order chi connectivity index (χ0) is 11.2. The third-order valence-electron chi connectivity index (χ3n) is 3.93. The van der Waals surface area contributed by atoms with Gasteiger partial charge in [-0.3, -0.25) is 4.79 Å². The molecule has 1 aromatic heterocycles. The van der Waals surface area contributed by atoms with Gasteiger partial charge >= 0.3 is 0 Å². The van der Waals surface area contributed by atoms with E-state index in [-0.39, 0.29) is 11.2 Å². The minimum atomic E-state index is -0.309. The summed E-state index contributed by atoms with van der Waals surface area (Å²) in [5, 5.41) is 0. The van der Waals surface area contributed by atoms with Crippen molar-refractivity contribution in [2.24, 2.45) is 0 Å². The average Bonchev–Trinajstić information content (AvgIpc) is 2.65. The molecule has 0 aromatic carbocycles. The lowest BCUT2D eigenvalue weighted by Crippen LogP contribution is -2.40. The lowest BCUT2D eigenvalue weighted by molar-refractivity contribution is -0.0849. The number of hydrogen-bond donors (Lipinski definition) is 1. The second kappa shape index (κ2) is 3.42. The number of nitrogens with one attached hydrogen (secondary N) is 1. The van der Waals surface area contributed by atoms with Crippen molar-refractivity contribution in [3.63, 3.8) is 0 Å². The number of rotatable bonds is 2. The molecule has 4 nitrogen and oxygen atoms in total. The normalized spacial score (nSPS) is 21.6. The standard InChI is InChI=1S/C12H16N2O2/c1-16-12(6-3-7-12)11-13-9-5-2-4-8(9)10(15)14-11/h2-7H2,1H3,(H,13,14,15). The number of nitrogens with zero attached hydrogens (tertiary/aromatic N) is 1. The number of aromatic amines is 1. The van der Waals surface area contributed by atoms with Gasteiger partial charge in [0.15, 0.2) is 0 Å². The maximum absolute atomic E-state index is 11.9. The van der Waals surface area contributed by atoms with Gasteiger partial charge in [0.25, 0.3) is 5.56 Å². The van der Waals surface area contributed by atoms with Gasteiger partial charge in [-0.2, -0.15) is 0 Å². The molecule has 1 fully saturated rings. The molecular weight excluding hydrogens is 204 g/mol. The molecule has 1 heterocycles. The lowest BCUT2D eigenvalue weighted by Gasteiger charge is -2.39. The van der Waals surface area contributed by atoms with E-state index in [1.165, 1.54) is 0 Å². The van der Waals surface area contributed by atoms with E-state index in [0.717, 1.165) is 55.6 Å². The van der Waals surface area contributed by atoms with Crippen molar-refractivity contribution >= 4 is 0 Å². The van der Waals surface area contributed by atoms with Gasteiger partial charge < -0.3 is 9.72 Å². The molecule has 0 bridgehead atoms. The van der Waals surface area contributed by atoms with E-state index in [4.69, 9.17) is 4.74 Å². The van der Waals surface area contributed by atoms with Gasteiger partial charge in [0, 0.05) is 12.7 Å². The van der Waals surface area contributed by atoms with Crippen molar-refractivity contribution in [3.05, 3.63) is 27.4 Å². The minimum absolute atomic E-state index is 0.0424. The van der Waals surface area contributed by atoms with E-state index < -0.39 is 0 Å². The topological polar surface area (TPSA) is 55.0 Å². The first-order valence-corrected chi connectivity index (χ1v) is 5.93. The third kappa shape index (κ3) is 1.26. The zero-order valence-electron chi connectivity index (χ0n) is 9.51. The van der Waals surface area contributed by atoms with Crippen LogP contribution in [-0.2, 0) is 23.2 Å². The molecule has 0 spiro atoms. The van der Waals surface area contributed by atoms with Gasteiger partial charge in [-0.1, -0.05) is 0 Å². The summed E-state index contributed by atoms with van der Waals surface area (Å²) >= 11 is 0. The Balaban J connectivity index is 2.09. The van der Waals surface area contributed by atoms with Crippen LogP contribution in [0, 0.1) is 0 Å². The molecule has 0 aliphatic heterocycles. The Morgan fingerprint density at radius 2 is 2.12 bits per heavy atom. The summed E-state index contributed by atoms with van der Waals surface area (Å²) in [6.45, 7) is 0. The van der Waals surface area contributed by atoms with Gasteiger partial charge in [0.1, 0.15) is 11.4 Å². The van der Waals surface area contributed by atoms with Gasteiger partial charge in [-0.25, -0.2) is 4.98 Å². The molecule has 1 aromatic rings. The molecule has 1 saturated carbocycles. The molecule has 0 radical (unpaired) electrons. The molecule has 86 valence electrons. The third-order valence-corrected chi connectivity index (χ3v) is 3.93. The SMILES string of the molecule is COC1(c2nc3c(c(=O)[nH]2)CCC3)CCC1. The summed E-state index contributed by atoms with van der Waals surface area (Å²) in [4.78, 5) is 19.4. The lowest BCUT2D eigenvalue weighted by atomic mass is 9.79. The van der Waals surface area contributed by atoms with Gasteiger partial charge in [0.05, 0.1) is 5.69 Å². The van der Waals surface area contributed by atoms with E-state index >= 15 is 0 Å². The first-order valence-electron chi connectivity index (χ1n) is 5.93. The quantitative estimate of drug-likeness (QED) is 0.817. The molecule has 1 N–H and O–H groups in total. The Kier molecular flexibility index (Phi) is 2.14. The number of hydrogen-bond acceptors (Lipinski definition) is 3. The van der Waals surface area contributed by atoms with Crippen LogP contribution in [0.3, 0.4) is 0 Å². The number of fused-ring (bicyclic) bond motifs is 1. The highest BCUT2D eigenvalue weighted by Gasteiger charge is 2.42.